The Morgan fingerprint density at radius 1 is 0.976 bits per heavy atom. The smallest absolute Gasteiger partial charge is 0.414 e. The van der Waals surface area contributed by atoms with E-state index < -0.39 is 16.1 Å². The van der Waals surface area contributed by atoms with Crippen molar-refractivity contribution < 1.29 is 22.7 Å². The number of methoxy groups -OCH3 is 1. The first-order chi connectivity index (χ1) is 20.1. The Hall–Kier alpha value is -5.21. The van der Waals surface area contributed by atoms with Crippen LogP contribution >= 0.6 is 0 Å². The van der Waals surface area contributed by atoms with Gasteiger partial charge in [0, 0.05) is 24.0 Å². The van der Waals surface area contributed by atoms with Crippen LogP contribution < -0.4 is 20.7 Å². The number of sulfonamides is 1. The lowest BCUT2D eigenvalue weighted by Gasteiger charge is -2.36. The van der Waals surface area contributed by atoms with E-state index in [0.29, 0.717) is 50.8 Å². The number of hydrogen-bond donors (Lipinski definition) is 3. The van der Waals surface area contributed by atoms with E-state index in [9.17, 15) is 18.0 Å². The largest absolute Gasteiger partial charge is 0.452 e. The summed E-state index contributed by atoms with van der Waals surface area (Å²) in [6.07, 6.45) is -0.618. The topological polar surface area (TPSA) is 183 Å². The summed E-state index contributed by atoms with van der Waals surface area (Å²) in [4.78, 5) is 29.8. The number of carbonyl (C=O) groups excluding carboxylic acids is 2. The summed E-state index contributed by atoms with van der Waals surface area (Å²) in [5, 5.41) is 17.6. The molecule has 2 aromatic heterocycles. The molecule has 2 amide bonds. The van der Waals surface area contributed by atoms with E-state index in [1.807, 2.05) is 12.1 Å². The van der Waals surface area contributed by atoms with Crippen molar-refractivity contribution in [3.63, 3.8) is 0 Å². The van der Waals surface area contributed by atoms with Gasteiger partial charge in [-0.15, -0.1) is 0 Å². The van der Waals surface area contributed by atoms with Crippen molar-refractivity contribution in [2.45, 2.75) is 11.8 Å². The van der Waals surface area contributed by atoms with Crippen LogP contribution in [0.1, 0.15) is 16.2 Å². The lowest BCUT2D eigenvalue weighted by molar-refractivity contribution is 0.0978. The second-order valence-electron chi connectivity index (χ2n) is 9.74. The number of nitrogen functional groups attached to an aromatic ring is 1. The van der Waals surface area contributed by atoms with Crippen LogP contribution in [0.4, 0.5) is 22.0 Å². The average Bonchev–Trinajstić information content (AvgIpc) is 3.56. The van der Waals surface area contributed by atoms with Crippen LogP contribution in [0.25, 0.3) is 27.7 Å². The predicted molar refractivity (Wildman–Crippen MR) is 157 cm³/mol. The van der Waals surface area contributed by atoms with Crippen molar-refractivity contribution in [2.75, 3.05) is 35.7 Å². The number of amides is 2. The quantitative estimate of drug-likeness (QED) is 0.287. The molecule has 3 heterocycles. The highest BCUT2D eigenvalue weighted by atomic mass is 32.2. The summed E-state index contributed by atoms with van der Waals surface area (Å²) in [6.45, 7) is 2.10. The van der Waals surface area contributed by atoms with Gasteiger partial charge in [0.15, 0.2) is 5.82 Å². The van der Waals surface area contributed by atoms with Crippen LogP contribution in [0.2, 0.25) is 0 Å². The summed E-state index contributed by atoms with van der Waals surface area (Å²) in [6, 6.07) is 18.4. The van der Waals surface area contributed by atoms with Gasteiger partial charge in [-0.2, -0.15) is 10.2 Å². The average molecular weight is 587 g/mol. The molecule has 214 valence electrons. The van der Waals surface area contributed by atoms with Crippen molar-refractivity contribution in [1.29, 1.82) is 0 Å². The van der Waals surface area contributed by atoms with Crippen LogP contribution in [-0.4, -0.2) is 60.6 Å². The minimum atomic E-state index is -4.03. The minimum absolute atomic E-state index is 0.0621. The van der Waals surface area contributed by atoms with Gasteiger partial charge in [0.25, 0.3) is 5.91 Å². The lowest BCUT2D eigenvalue weighted by Crippen LogP contribution is -2.46. The molecule has 0 spiro atoms. The summed E-state index contributed by atoms with van der Waals surface area (Å²) in [5.41, 5.74) is 9.97. The van der Waals surface area contributed by atoms with Gasteiger partial charge in [0.2, 0.25) is 10.0 Å². The molecule has 0 saturated carbocycles. The van der Waals surface area contributed by atoms with Crippen molar-refractivity contribution in [3.05, 3.63) is 78.1 Å². The number of nitrogens with one attached hydrogen (secondary N) is 1. The molecule has 0 fully saturated rings. The van der Waals surface area contributed by atoms with Gasteiger partial charge in [-0.1, -0.05) is 24.3 Å². The number of hydrogen-bond acceptors (Lipinski definition) is 8. The zero-order valence-electron chi connectivity index (χ0n) is 22.6. The number of aromatic amines is 1. The molecule has 0 atom stereocenters. The molecular weight excluding hydrogens is 560 g/mol. The summed E-state index contributed by atoms with van der Waals surface area (Å²) in [5.74, 6) is -0.0180. The van der Waals surface area contributed by atoms with E-state index in [2.05, 4.69) is 15.3 Å². The molecule has 1 aliphatic heterocycles. The Balaban J connectivity index is 1.45. The molecular formula is C28H26N8O5S. The van der Waals surface area contributed by atoms with Crippen molar-refractivity contribution in [2.24, 2.45) is 5.14 Å². The third-order valence-corrected chi connectivity index (χ3v) is 8.09. The number of rotatable bonds is 4. The molecule has 0 unspecified atom stereocenters. The number of carbonyl (C=O) groups is 2. The monoisotopic (exact) mass is 586 g/mol. The number of benzene rings is 3. The molecule has 0 bridgehead atoms. The van der Waals surface area contributed by atoms with E-state index in [1.54, 1.807) is 65.0 Å². The number of H-pyrrole nitrogens is 1. The number of primary sulfonamides is 1. The highest BCUT2D eigenvalue weighted by Gasteiger charge is 2.33. The molecule has 13 nitrogen and oxygen atoms in total. The Labute approximate surface area is 240 Å². The fraction of sp³-hybridized carbons (Fsp3) is 0.143. The third kappa shape index (κ3) is 4.52. The molecule has 0 radical (unpaired) electrons. The van der Waals surface area contributed by atoms with E-state index in [-0.39, 0.29) is 23.9 Å². The molecule has 5 N–H and O–H groups in total. The van der Waals surface area contributed by atoms with E-state index >= 15 is 0 Å². The second kappa shape index (κ2) is 10.0. The van der Waals surface area contributed by atoms with Crippen molar-refractivity contribution >= 4 is 50.1 Å². The number of ether oxygens (including phenoxy) is 1. The second-order valence-corrected chi connectivity index (χ2v) is 11.3. The van der Waals surface area contributed by atoms with Gasteiger partial charge in [0.1, 0.15) is 5.69 Å². The standard InChI is InChI=1S/C28H26N8O5S/c1-16-13-24(36(33-16)18-8-9-21-20(15-18)26(29)32-31-21)27(37)34-11-12-35(28(38)41-2)23-14-17(7-10-22(23)34)19-5-3-4-6-25(19)42(30,39)40/h3-10,13-15H,11-12H2,1-2H3,(H3,29,31,32)(H2,30,39,40). The maximum Gasteiger partial charge on any atom is 0.414 e. The maximum absolute atomic E-state index is 14.1. The van der Waals surface area contributed by atoms with Gasteiger partial charge < -0.3 is 15.4 Å². The Kier molecular flexibility index (Phi) is 6.43. The van der Waals surface area contributed by atoms with Crippen LogP contribution in [0.5, 0.6) is 0 Å². The number of aromatic nitrogens is 4. The fourth-order valence-electron chi connectivity index (χ4n) is 5.18. The van der Waals surface area contributed by atoms with E-state index in [1.165, 1.54) is 18.1 Å². The first kappa shape index (κ1) is 27.0. The maximum atomic E-state index is 14.1. The molecule has 0 aliphatic carbocycles. The number of aryl methyl sites for hydroxylation is 1. The molecule has 0 saturated heterocycles. The fourth-order valence-corrected chi connectivity index (χ4v) is 5.94. The third-order valence-electron chi connectivity index (χ3n) is 7.12. The molecule has 42 heavy (non-hydrogen) atoms. The Morgan fingerprint density at radius 2 is 1.74 bits per heavy atom. The zero-order valence-corrected chi connectivity index (χ0v) is 23.4. The Bertz CT molecular complexity index is 2000. The Morgan fingerprint density at radius 3 is 2.50 bits per heavy atom. The molecule has 3 aromatic carbocycles. The molecule has 1 aliphatic rings. The highest BCUT2D eigenvalue weighted by Crippen LogP contribution is 2.39. The minimum Gasteiger partial charge on any atom is -0.452 e. The summed E-state index contributed by atoms with van der Waals surface area (Å²) in [7, 11) is -2.76. The van der Waals surface area contributed by atoms with Crippen molar-refractivity contribution in [3.8, 4) is 16.8 Å². The first-order valence-electron chi connectivity index (χ1n) is 12.8. The zero-order chi connectivity index (χ0) is 29.8. The number of nitrogens with zero attached hydrogens (tertiary/aromatic N) is 5. The van der Waals surface area contributed by atoms with Crippen LogP contribution in [0.15, 0.2) is 71.6 Å². The van der Waals surface area contributed by atoms with Gasteiger partial charge >= 0.3 is 6.09 Å². The number of fused-ring (bicyclic) bond motifs is 2. The number of nitrogens with two attached hydrogens (primary N) is 2. The highest BCUT2D eigenvalue weighted by molar-refractivity contribution is 7.89. The molecule has 14 heteroatoms. The van der Waals surface area contributed by atoms with Crippen LogP contribution in [0, 0.1) is 6.92 Å². The first-order valence-corrected chi connectivity index (χ1v) is 14.4. The van der Waals surface area contributed by atoms with E-state index in [0.717, 1.165) is 5.52 Å². The summed E-state index contributed by atoms with van der Waals surface area (Å²) < 4.78 is 31.1. The van der Waals surface area contributed by atoms with E-state index in [4.69, 9.17) is 15.6 Å². The molecule has 6 rings (SSSR count). The predicted octanol–water partition coefficient (Wildman–Crippen LogP) is 3.19. The van der Waals surface area contributed by atoms with Gasteiger partial charge in [-0.25, -0.2) is 23.0 Å². The van der Waals surface area contributed by atoms with Crippen molar-refractivity contribution in [1.82, 2.24) is 20.0 Å². The van der Waals surface area contributed by atoms with Crippen LogP contribution in [0.3, 0.4) is 0 Å². The number of anilines is 3. The van der Waals surface area contributed by atoms with Gasteiger partial charge in [-0.3, -0.25) is 14.8 Å². The van der Waals surface area contributed by atoms with Gasteiger partial charge in [-0.05, 0) is 55.0 Å². The van der Waals surface area contributed by atoms with Crippen LogP contribution in [-0.2, 0) is 14.8 Å². The van der Waals surface area contributed by atoms with Gasteiger partial charge in [0.05, 0.1) is 40.3 Å². The lowest BCUT2D eigenvalue weighted by atomic mass is 10.0. The molecule has 5 aromatic rings. The summed E-state index contributed by atoms with van der Waals surface area (Å²) >= 11 is 0. The SMILES string of the molecule is COC(=O)N1CCN(C(=O)c2cc(C)nn2-c2ccc3[nH]nc(N)c3c2)c2ccc(-c3ccccc3S(N)(=O)=O)cc21. The normalized spacial score (nSPS) is 13.3.